The molecule has 0 saturated carbocycles. The molecule has 0 fully saturated rings. The minimum atomic E-state index is -4.36. The predicted octanol–water partition coefficient (Wildman–Crippen LogP) is 2.79. The second kappa shape index (κ2) is 5.41. The molecule has 0 aliphatic rings. The fourth-order valence-electron chi connectivity index (χ4n) is 1.35. The largest absolute Gasteiger partial charge is 0.378 e. The average Bonchev–Trinajstić information content (AvgIpc) is 2.72. The maximum atomic E-state index is 13.5. The number of nitrogens with one attached hydrogen (secondary N) is 1. The molecule has 9 heteroatoms. The first-order chi connectivity index (χ1) is 8.86. The number of hydrogen-bond acceptors (Lipinski definition) is 5. The summed E-state index contributed by atoms with van der Waals surface area (Å²) in [5.74, 6) is -0.622. The molecule has 0 unspecified atom stereocenters. The molecule has 102 valence electrons. The smallest absolute Gasteiger partial charge is 0.294 e. The highest BCUT2D eigenvalue weighted by molar-refractivity contribution is 7.85. The standard InChI is InChI=1S/C10H8ClFN2O3S2/c11-10-14-5-6(18-10)4-13-9-3-7(19(15,16)17)1-2-8(9)12/h1-3,5,13H,4H2,(H,15,16,17). The Hall–Kier alpha value is -1.22. The summed E-state index contributed by atoms with van der Waals surface area (Å²) in [4.78, 5) is 4.21. The van der Waals surface area contributed by atoms with E-state index in [2.05, 4.69) is 10.3 Å². The van der Waals surface area contributed by atoms with E-state index in [0.29, 0.717) is 4.47 Å². The molecule has 0 bridgehead atoms. The normalized spacial score (nSPS) is 11.5. The summed E-state index contributed by atoms with van der Waals surface area (Å²) in [7, 11) is -4.36. The van der Waals surface area contributed by atoms with Crippen LogP contribution in [0.2, 0.25) is 4.47 Å². The van der Waals surface area contributed by atoms with Crippen LogP contribution < -0.4 is 5.32 Å². The first kappa shape index (κ1) is 14.2. The lowest BCUT2D eigenvalue weighted by molar-refractivity contribution is 0.483. The number of benzene rings is 1. The van der Waals surface area contributed by atoms with Crippen molar-refractivity contribution >= 4 is 38.7 Å². The summed E-state index contributed by atoms with van der Waals surface area (Å²) in [6, 6.07) is 2.97. The molecular weight excluding hydrogens is 315 g/mol. The Kier molecular flexibility index (Phi) is 4.04. The molecule has 19 heavy (non-hydrogen) atoms. The average molecular weight is 323 g/mol. The fraction of sp³-hybridized carbons (Fsp3) is 0.100. The van der Waals surface area contributed by atoms with Crippen LogP contribution in [0, 0.1) is 5.82 Å². The summed E-state index contributed by atoms with van der Waals surface area (Å²) < 4.78 is 44.7. The van der Waals surface area contributed by atoms with Crippen LogP contribution in [0.15, 0.2) is 29.3 Å². The van der Waals surface area contributed by atoms with E-state index >= 15 is 0 Å². The molecule has 0 aliphatic carbocycles. The van der Waals surface area contributed by atoms with Crippen LogP contribution in [0.1, 0.15) is 4.88 Å². The zero-order valence-corrected chi connectivity index (χ0v) is 11.7. The molecule has 0 atom stereocenters. The predicted molar refractivity (Wildman–Crippen MR) is 70.7 cm³/mol. The monoisotopic (exact) mass is 322 g/mol. The summed E-state index contributed by atoms with van der Waals surface area (Å²) >= 11 is 6.88. The van der Waals surface area contributed by atoms with E-state index in [1.165, 1.54) is 17.5 Å². The van der Waals surface area contributed by atoms with Crippen molar-refractivity contribution in [3.05, 3.63) is 39.6 Å². The third kappa shape index (κ3) is 3.63. The molecule has 0 aliphatic heterocycles. The second-order valence-electron chi connectivity index (χ2n) is 3.55. The molecule has 0 radical (unpaired) electrons. The molecule has 0 saturated heterocycles. The summed E-state index contributed by atoms with van der Waals surface area (Å²) in [5.41, 5.74) is -0.0281. The van der Waals surface area contributed by atoms with Crippen molar-refractivity contribution in [3.63, 3.8) is 0 Å². The van der Waals surface area contributed by atoms with Gasteiger partial charge in [-0.3, -0.25) is 4.55 Å². The van der Waals surface area contributed by atoms with Crippen LogP contribution in [0.3, 0.4) is 0 Å². The van der Waals surface area contributed by atoms with Gasteiger partial charge in [0, 0.05) is 11.1 Å². The van der Waals surface area contributed by atoms with Gasteiger partial charge in [0.15, 0.2) is 4.47 Å². The van der Waals surface area contributed by atoms with Crippen LogP contribution in [0.5, 0.6) is 0 Å². The second-order valence-corrected chi connectivity index (χ2v) is 6.67. The van der Waals surface area contributed by atoms with E-state index in [1.54, 1.807) is 0 Å². The van der Waals surface area contributed by atoms with Gasteiger partial charge in [0.25, 0.3) is 10.1 Å². The summed E-state index contributed by atoms with van der Waals surface area (Å²) in [6.07, 6.45) is 1.53. The minimum Gasteiger partial charge on any atom is -0.378 e. The Morgan fingerprint density at radius 2 is 2.21 bits per heavy atom. The molecule has 2 rings (SSSR count). The van der Waals surface area contributed by atoms with Gasteiger partial charge >= 0.3 is 0 Å². The topological polar surface area (TPSA) is 79.3 Å². The lowest BCUT2D eigenvalue weighted by atomic mass is 10.3. The van der Waals surface area contributed by atoms with Crippen LogP contribution in [0.4, 0.5) is 10.1 Å². The maximum absolute atomic E-state index is 13.5. The highest BCUT2D eigenvalue weighted by Crippen LogP contribution is 2.22. The molecule has 5 nitrogen and oxygen atoms in total. The zero-order chi connectivity index (χ0) is 14.0. The van der Waals surface area contributed by atoms with Crippen molar-refractivity contribution in [2.75, 3.05) is 5.32 Å². The van der Waals surface area contributed by atoms with Crippen LogP contribution in [-0.4, -0.2) is 18.0 Å². The number of thiazole rings is 1. The molecule has 2 N–H and O–H groups in total. The number of anilines is 1. The highest BCUT2D eigenvalue weighted by atomic mass is 35.5. The van der Waals surface area contributed by atoms with Crippen molar-refractivity contribution in [1.29, 1.82) is 0 Å². The molecule has 2 aromatic rings. The van der Waals surface area contributed by atoms with Crippen molar-refractivity contribution in [2.24, 2.45) is 0 Å². The Balaban J connectivity index is 2.20. The third-order valence-electron chi connectivity index (χ3n) is 2.21. The van der Waals surface area contributed by atoms with Crippen molar-refractivity contribution < 1.29 is 17.4 Å². The van der Waals surface area contributed by atoms with E-state index in [0.717, 1.165) is 23.1 Å². The number of nitrogens with zero attached hydrogens (tertiary/aromatic N) is 1. The van der Waals surface area contributed by atoms with Crippen molar-refractivity contribution in [2.45, 2.75) is 11.4 Å². The Labute approximate surface area is 117 Å². The number of rotatable bonds is 4. The first-order valence-corrected chi connectivity index (χ1v) is 7.61. The van der Waals surface area contributed by atoms with E-state index < -0.39 is 15.9 Å². The van der Waals surface area contributed by atoms with E-state index in [1.807, 2.05) is 0 Å². The quantitative estimate of drug-likeness (QED) is 0.846. The molecule has 0 amide bonds. The highest BCUT2D eigenvalue weighted by Gasteiger charge is 2.13. The fourth-order valence-corrected chi connectivity index (χ4v) is 2.77. The third-order valence-corrected chi connectivity index (χ3v) is 4.18. The number of aromatic nitrogens is 1. The maximum Gasteiger partial charge on any atom is 0.294 e. The summed E-state index contributed by atoms with van der Waals surface area (Å²) in [6.45, 7) is 0.246. The molecule has 0 spiro atoms. The van der Waals surface area contributed by atoms with E-state index in [9.17, 15) is 12.8 Å². The van der Waals surface area contributed by atoms with Gasteiger partial charge in [-0.25, -0.2) is 9.37 Å². The van der Waals surface area contributed by atoms with Crippen molar-refractivity contribution in [1.82, 2.24) is 4.98 Å². The number of hydrogen-bond donors (Lipinski definition) is 2. The first-order valence-electron chi connectivity index (χ1n) is 4.97. The van der Waals surface area contributed by atoms with Gasteiger partial charge in [-0.2, -0.15) is 8.42 Å². The van der Waals surface area contributed by atoms with Gasteiger partial charge in [-0.1, -0.05) is 11.6 Å². The van der Waals surface area contributed by atoms with Crippen LogP contribution >= 0.6 is 22.9 Å². The van der Waals surface area contributed by atoms with Gasteiger partial charge in [0.1, 0.15) is 5.82 Å². The van der Waals surface area contributed by atoms with Gasteiger partial charge in [0.05, 0.1) is 17.1 Å². The molecule has 1 heterocycles. The number of halogens is 2. The molecule has 1 aromatic carbocycles. The lowest BCUT2D eigenvalue weighted by Crippen LogP contribution is -2.03. The Morgan fingerprint density at radius 3 is 2.79 bits per heavy atom. The van der Waals surface area contributed by atoms with Gasteiger partial charge in [-0.15, -0.1) is 11.3 Å². The Bertz CT molecular complexity index is 703. The SMILES string of the molecule is O=S(=O)(O)c1ccc(F)c(NCc2cnc(Cl)s2)c1. The summed E-state index contributed by atoms with van der Waals surface area (Å²) in [5, 5.41) is 2.72. The van der Waals surface area contributed by atoms with Crippen LogP contribution in [0.25, 0.3) is 0 Å². The van der Waals surface area contributed by atoms with E-state index in [-0.39, 0.29) is 17.1 Å². The molecule has 1 aromatic heterocycles. The lowest BCUT2D eigenvalue weighted by Gasteiger charge is -2.07. The minimum absolute atomic E-state index is 0.0281. The van der Waals surface area contributed by atoms with E-state index in [4.69, 9.17) is 16.2 Å². The van der Waals surface area contributed by atoms with Gasteiger partial charge in [0.2, 0.25) is 0 Å². The van der Waals surface area contributed by atoms with Crippen molar-refractivity contribution in [3.8, 4) is 0 Å². The Morgan fingerprint density at radius 1 is 1.47 bits per heavy atom. The molecular formula is C10H8ClFN2O3S2. The van der Waals surface area contributed by atoms with Crippen LogP contribution in [-0.2, 0) is 16.7 Å². The van der Waals surface area contributed by atoms with Gasteiger partial charge < -0.3 is 5.32 Å². The zero-order valence-electron chi connectivity index (χ0n) is 9.30. The van der Waals surface area contributed by atoms with Gasteiger partial charge in [-0.05, 0) is 18.2 Å².